The molecule has 4 rings (SSSR count). The van der Waals surface area contributed by atoms with E-state index >= 15 is 0 Å². The zero-order chi connectivity index (χ0) is 19.3. The summed E-state index contributed by atoms with van der Waals surface area (Å²) in [7, 11) is 0. The second-order valence-electron chi connectivity index (χ2n) is 7.20. The van der Waals surface area contributed by atoms with Crippen LogP contribution in [0.15, 0.2) is 41.8 Å². The van der Waals surface area contributed by atoms with Crippen LogP contribution in [-0.4, -0.2) is 56.1 Å². The molecule has 3 heterocycles. The molecule has 1 N–H and O–H groups in total. The van der Waals surface area contributed by atoms with E-state index in [0.717, 1.165) is 61.9 Å². The van der Waals surface area contributed by atoms with Crippen LogP contribution >= 0.6 is 11.3 Å². The molecular formula is C21H25N3O3S. The maximum Gasteiger partial charge on any atom is 0.263 e. The first-order valence-corrected chi connectivity index (χ1v) is 10.6. The van der Waals surface area contributed by atoms with E-state index in [1.807, 2.05) is 41.8 Å². The summed E-state index contributed by atoms with van der Waals surface area (Å²) in [5.41, 5.74) is 1.94. The molecule has 2 fully saturated rings. The van der Waals surface area contributed by atoms with Crippen molar-refractivity contribution in [3.63, 3.8) is 0 Å². The van der Waals surface area contributed by atoms with Crippen molar-refractivity contribution in [1.29, 1.82) is 0 Å². The molecule has 7 heteroatoms. The third-order valence-electron chi connectivity index (χ3n) is 5.32. The molecule has 28 heavy (non-hydrogen) atoms. The minimum absolute atomic E-state index is 0.0113. The Labute approximate surface area is 169 Å². The molecule has 0 saturated carbocycles. The molecule has 1 aromatic carbocycles. The predicted octanol–water partition coefficient (Wildman–Crippen LogP) is 3.08. The van der Waals surface area contributed by atoms with Crippen LogP contribution in [0.2, 0.25) is 0 Å². The van der Waals surface area contributed by atoms with Gasteiger partial charge in [0.05, 0.1) is 24.0 Å². The number of benzene rings is 1. The number of carbonyl (C=O) groups is 2. The van der Waals surface area contributed by atoms with E-state index < -0.39 is 0 Å². The van der Waals surface area contributed by atoms with Crippen LogP contribution < -0.4 is 10.2 Å². The maximum atomic E-state index is 12.7. The zero-order valence-electron chi connectivity index (χ0n) is 15.8. The number of hydrogen-bond donors (Lipinski definition) is 1. The topological polar surface area (TPSA) is 61.9 Å². The summed E-state index contributed by atoms with van der Waals surface area (Å²) in [6.07, 6.45) is 1.66. The summed E-state index contributed by atoms with van der Waals surface area (Å²) in [5, 5.41) is 4.92. The molecule has 2 aliphatic rings. The Morgan fingerprint density at radius 2 is 1.86 bits per heavy atom. The van der Waals surface area contributed by atoms with Gasteiger partial charge in [-0.1, -0.05) is 6.07 Å². The van der Waals surface area contributed by atoms with E-state index in [-0.39, 0.29) is 17.7 Å². The third-order valence-corrected chi connectivity index (χ3v) is 6.18. The van der Waals surface area contributed by atoms with E-state index in [0.29, 0.717) is 6.54 Å². The largest absolute Gasteiger partial charge is 0.378 e. The van der Waals surface area contributed by atoms with Crippen LogP contribution in [0.5, 0.6) is 0 Å². The van der Waals surface area contributed by atoms with Crippen molar-refractivity contribution in [2.75, 3.05) is 49.6 Å². The summed E-state index contributed by atoms with van der Waals surface area (Å²) >= 11 is 1.45. The quantitative estimate of drug-likeness (QED) is 0.858. The fourth-order valence-electron chi connectivity index (χ4n) is 3.75. The number of nitrogens with zero attached hydrogens (tertiary/aromatic N) is 2. The number of rotatable bonds is 4. The number of carbonyl (C=O) groups excluding carboxylic acids is 2. The Bertz CT molecular complexity index is 801. The fourth-order valence-corrected chi connectivity index (χ4v) is 4.44. The van der Waals surface area contributed by atoms with Gasteiger partial charge in [0.15, 0.2) is 0 Å². The second-order valence-corrected chi connectivity index (χ2v) is 8.15. The predicted molar refractivity (Wildman–Crippen MR) is 111 cm³/mol. The highest BCUT2D eigenvalue weighted by molar-refractivity contribution is 7.12. The molecule has 2 saturated heterocycles. The van der Waals surface area contributed by atoms with Crippen LogP contribution in [0.4, 0.5) is 11.4 Å². The van der Waals surface area contributed by atoms with Gasteiger partial charge >= 0.3 is 0 Å². The lowest BCUT2D eigenvalue weighted by molar-refractivity contribution is -0.121. The van der Waals surface area contributed by atoms with Crippen molar-refractivity contribution in [2.45, 2.75) is 12.8 Å². The number of ether oxygens (including phenoxy) is 1. The first kappa shape index (κ1) is 19.0. The summed E-state index contributed by atoms with van der Waals surface area (Å²) in [6, 6.07) is 11.7. The number of nitrogens with one attached hydrogen (secondary N) is 1. The lowest BCUT2D eigenvalue weighted by atomic mass is 9.97. The molecule has 1 atom stereocenters. The minimum Gasteiger partial charge on any atom is -0.378 e. The zero-order valence-corrected chi connectivity index (χ0v) is 16.6. The van der Waals surface area contributed by atoms with Crippen LogP contribution in [0.3, 0.4) is 0 Å². The third kappa shape index (κ3) is 4.36. The summed E-state index contributed by atoms with van der Waals surface area (Å²) in [5.74, 6) is -0.151. The van der Waals surface area contributed by atoms with Gasteiger partial charge in [0.25, 0.3) is 5.91 Å². The number of morpholine rings is 1. The van der Waals surface area contributed by atoms with Gasteiger partial charge in [0, 0.05) is 37.6 Å². The molecule has 148 valence electrons. The highest BCUT2D eigenvalue weighted by Gasteiger charge is 2.29. The van der Waals surface area contributed by atoms with E-state index in [2.05, 4.69) is 10.2 Å². The number of hydrogen-bond acceptors (Lipinski definition) is 5. The molecule has 2 amide bonds. The van der Waals surface area contributed by atoms with Crippen LogP contribution in [-0.2, 0) is 9.53 Å². The Kier molecular flexibility index (Phi) is 5.92. The molecule has 0 unspecified atom stereocenters. The van der Waals surface area contributed by atoms with Gasteiger partial charge in [0.1, 0.15) is 0 Å². The van der Waals surface area contributed by atoms with Gasteiger partial charge in [-0.25, -0.2) is 0 Å². The van der Waals surface area contributed by atoms with Crippen LogP contribution in [0, 0.1) is 5.92 Å². The van der Waals surface area contributed by atoms with Gasteiger partial charge in [0.2, 0.25) is 5.91 Å². The molecule has 0 radical (unpaired) electrons. The first-order chi connectivity index (χ1) is 13.7. The Morgan fingerprint density at radius 1 is 1.07 bits per heavy atom. The van der Waals surface area contributed by atoms with Crippen molar-refractivity contribution in [3.8, 4) is 0 Å². The monoisotopic (exact) mass is 399 g/mol. The Balaban J connectivity index is 1.34. The molecule has 2 aromatic rings. The molecule has 0 bridgehead atoms. The van der Waals surface area contributed by atoms with Gasteiger partial charge in [-0.15, -0.1) is 11.3 Å². The molecule has 0 aliphatic carbocycles. The van der Waals surface area contributed by atoms with E-state index in [4.69, 9.17) is 4.74 Å². The Hall–Kier alpha value is -2.38. The average Bonchev–Trinajstić information content (AvgIpc) is 3.29. The van der Waals surface area contributed by atoms with E-state index in [1.54, 1.807) is 4.90 Å². The SMILES string of the molecule is O=C(Nc1ccc(N2CCOCC2)cc1)[C@@H]1CCCN(C(=O)c2cccs2)C1. The molecule has 1 aromatic heterocycles. The number of likely N-dealkylation sites (tertiary alicyclic amines) is 1. The van der Waals surface area contributed by atoms with Crippen molar-refractivity contribution in [1.82, 2.24) is 4.90 Å². The Morgan fingerprint density at radius 3 is 2.57 bits per heavy atom. The average molecular weight is 400 g/mol. The molecule has 2 aliphatic heterocycles. The second kappa shape index (κ2) is 8.75. The standard InChI is InChI=1S/C21H25N3O3S/c25-20(16-3-1-9-24(15-16)21(26)19-4-2-14-28-19)22-17-5-7-18(8-6-17)23-10-12-27-13-11-23/h2,4-8,14,16H,1,3,9-13,15H2,(H,22,25)/t16-/m1/s1. The molecular weight excluding hydrogens is 374 g/mol. The highest BCUT2D eigenvalue weighted by Crippen LogP contribution is 2.23. The van der Waals surface area contributed by atoms with Gasteiger partial charge in [-0.2, -0.15) is 0 Å². The van der Waals surface area contributed by atoms with Gasteiger partial charge in [-0.05, 0) is 48.6 Å². The molecule has 6 nitrogen and oxygen atoms in total. The molecule has 0 spiro atoms. The summed E-state index contributed by atoms with van der Waals surface area (Å²) < 4.78 is 5.39. The first-order valence-electron chi connectivity index (χ1n) is 9.77. The van der Waals surface area contributed by atoms with Crippen molar-refractivity contribution < 1.29 is 14.3 Å². The number of thiophene rings is 1. The lowest BCUT2D eigenvalue weighted by Gasteiger charge is -2.32. The number of piperidine rings is 1. The van der Waals surface area contributed by atoms with Crippen molar-refractivity contribution in [2.24, 2.45) is 5.92 Å². The van der Waals surface area contributed by atoms with Crippen LogP contribution in [0.25, 0.3) is 0 Å². The lowest BCUT2D eigenvalue weighted by Crippen LogP contribution is -2.43. The maximum absolute atomic E-state index is 12.7. The highest BCUT2D eigenvalue weighted by atomic mass is 32.1. The number of amides is 2. The number of anilines is 2. The fraction of sp³-hybridized carbons (Fsp3) is 0.429. The van der Waals surface area contributed by atoms with E-state index in [9.17, 15) is 9.59 Å². The van der Waals surface area contributed by atoms with Crippen molar-refractivity contribution in [3.05, 3.63) is 46.7 Å². The summed E-state index contributed by atoms with van der Waals surface area (Å²) in [6.45, 7) is 4.48. The van der Waals surface area contributed by atoms with Crippen molar-refractivity contribution >= 4 is 34.5 Å². The normalized spacial score (nSPS) is 20.1. The van der Waals surface area contributed by atoms with Gasteiger partial charge in [-0.3, -0.25) is 9.59 Å². The van der Waals surface area contributed by atoms with E-state index in [1.165, 1.54) is 11.3 Å². The smallest absolute Gasteiger partial charge is 0.263 e. The van der Waals surface area contributed by atoms with Crippen LogP contribution in [0.1, 0.15) is 22.5 Å². The van der Waals surface area contributed by atoms with Gasteiger partial charge < -0.3 is 19.9 Å². The summed E-state index contributed by atoms with van der Waals surface area (Å²) in [4.78, 5) is 30.1. The minimum atomic E-state index is -0.170.